The first-order valence-corrected chi connectivity index (χ1v) is 6.93. The van der Waals surface area contributed by atoms with Crippen LogP contribution in [0.1, 0.15) is 18.9 Å². The van der Waals surface area contributed by atoms with Gasteiger partial charge in [0.2, 0.25) is 0 Å². The maximum absolute atomic E-state index is 9.27. The fourth-order valence-corrected chi connectivity index (χ4v) is 2.92. The molecule has 0 radical (unpaired) electrons. The molecule has 2 fully saturated rings. The minimum Gasteiger partial charge on any atom is -0.394 e. The molecule has 3 heteroatoms. The Morgan fingerprint density at radius 2 is 2.00 bits per heavy atom. The number of hydrogen-bond donors (Lipinski definition) is 1. The van der Waals surface area contributed by atoms with Crippen molar-refractivity contribution in [2.24, 2.45) is 5.92 Å². The van der Waals surface area contributed by atoms with Crippen molar-refractivity contribution in [3.63, 3.8) is 0 Å². The second-order valence-corrected chi connectivity index (χ2v) is 5.40. The lowest BCUT2D eigenvalue weighted by Crippen LogP contribution is -2.38. The Labute approximate surface area is 113 Å². The van der Waals surface area contributed by atoms with Crippen LogP contribution in [0.5, 0.6) is 0 Å². The van der Waals surface area contributed by atoms with Gasteiger partial charge in [-0.05, 0) is 5.56 Å². The summed E-state index contributed by atoms with van der Waals surface area (Å²) in [6.45, 7) is 2.20. The molecule has 3 unspecified atom stereocenters. The van der Waals surface area contributed by atoms with Crippen molar-refractivity contribution in [1.82, 2.24) is 0 Å². The largest absolute Gasteiger partial charge is 0.394 e. The highest BCUT2D eigenvalue weighted by atomic mass is 16.6. The van der Waals surface area contributed by atoms with Gasteiger partial charge in [-0.1, -0.05) is 49.4 Å². The summed E-state index contributed by atoms with van der Waals surface area (Å²) in [5.41, 5.74) is 1.18. The van der Waals surface area contributed by atoms with Crippen molar-refractivity contribution in [1.29, 1.82) is 0 Å². The summed E-state index contributed by atoms with van der Waals surface area (Å²) < 4.78 is 11.9. The molecule has 19 heavy (non-hydrogen) atoms. The van der Waals surface area contributed by atoms with E-state index in [1.165, 1.54) is 5.56 Å². The fourth-order valence-electron chi connectivity index (χ4n) is 2.92. The molecule has 3 rings (SSSR count). The molecular weight excluding hydrogens is 240 g/mol. The Bertz CT molecular complexity index is 443. The Morgan fingerprint density at radius 3 is 2.74 bits per heavy atom. The number of hydrogen-bond acceptors (Lipinski definition) is 3. The summed E-state index contributed by atoms with van der Waals surface area (Å²) >= 11 is 0. The zero-order valence-corrected chi connectivity index (χ0v) is 11.1. The topological polar surface area (TPSA) is 38.7 Å². The lowest BCUT2D eigenvalue weighted by atomic mass is 9.91. The van der Waals surface area contributed by atoms with Crippen LogP contribution >= 0.6 is 0 Å². The van der Waals surface area contributed by atoms with E-state index in [0.29, 0.717) is 5.92 Å². The summed E-state index contributed by atoms with van der Waals surface area (Å²) in [4.78, 5) is 0. The molecule has 5 atom stereocenters. The molecule has 102 valence electrons. The predicted octanol–water partition coefficient (Wildman–Crippen LogP) is 2.25. The fraction of sp³-hybridized carbons (Fsp3) is 0.500. The molecule has 0 aliphatic carbocycles. The minimum absolute atomic E-state index is 0.0385. The predicted molar refractivity (Wildman–Crippen MR) is 73.7 cm³/mol. The van der Waals surface area contributed by atoms with Crippen LogP contribution in [0, 0.1) is 5.92 Å². The highest BCUT2D eigenvalue weighted by Gasteiger charge is 2.45. The molecule has 1 aromatic rings. The van der Waals surface area contributed by atoms with E-state index >= 15 is 0 Å². The van der Waals surface area contributed by atoms with Crippen LogP contribution < -0.4 is 0 Å². The van der Waals surface area contributed by atoms with E-state index in [0.717, 1.165) is 6.42 Å². The van der Waals surface area contributed by atoms with Crippen LogP contribution in [0.2, 0.25) is 0 Å². The van der Waals surface area contributed by atoms with Gasteiger partial charge >= 0.3 is 0 Å². The maximum Gasteiger partial charge on any atom is 0.107 e. The van der Waals surface area contributed by atoms with Gasteiger partial charge in [-0.15, -0.1) is 0 Å². The van der Waals surface area contributed by atoms with Crippen LogP contribution in [-0.4, -0.2) is 36.1 Å². The van der Waals surface area contributed by atoms with Gasteiger partial charge in [0, 0.05) is 12.3 Å². The van der Waals surface area contributed by atoms with Crippen molar-refractivity contribution < 1.29 is 14.6 Å². The van der Waals surface area contributed by atoms with Gasteiger partial charge in [0.1, 0.15) is 6.10 Å². The molecule has 1 N–H and O–H groups in total. The summed E-state index contributed by atoms with van der Waals surface area (Å²) in [6, 6.07) is 10.2. The molecule has 0 saturated carbocycles. The Hall–Kier alpha value is -1.16. The second kappa shape index (κ2) is 5.45. The van der Waals surface area contributed by atoms with Gasteiger partial charge in [-0.2, -0.15) is 0 Å². The summed E-state index contributed by atoms with van der Waals surface area (Å²) in [6.07, 6.45) is 5.28. The van der Waals surface area contributed by atoms with Crippen LogP contribution in [0.3, 0.4) is 0 Å². The van der Waals surface area contributed by atoms with E-state index < -0.39 is 0 Å². The molecule has 0 aromatic heterocycles. The van der Waals surface area contributed by atoms with Gasteiger partial charge in [-0.25, -0.2) is 0 Å². The van der Waals surface area contributed by atoms with Crippen molar-refractivity contribution >= 4 is 6.08 Å². The smallest absolute Gasteiger partial charge is 0.107 e. The quantitative estimate of drug-likeness (QED) is 0.906. The van der Waals surface area contributed by atoms with Crippen molar-refractivity contribution in [3.05, 3.63) is 42.0 Å². The number of fused-ring (bicyclic) bond motifs is 2. The average molecular weight is 260 g/mol. The van der Waals surface area contributed by atoms with Gasteiger partial charge < -0.3 is 14.6 Å². The van der Waals surface area contributed by atoms with Gasteiger partial charge in [0.15, 0.2) is 0 Å². The monoisotopic (exact) mass is 260 g/mol. The molecule has 0 amide bonds. The third-order valence-electron chi connectivity index (χ3n) is 4.12. The molecule has 1 aromatic carbocycles. The van der Waals surface area contributed by atoms with Crippen LogP contribution in [0.4, 0.5) is 0 Å². The number of benzene rings is 1. The Balaban J connectivity index is 1.71. The minimum atomic E-state index is -0.150. The van der Waals surface area contributed by atoms with E-state index in [1.807, 2.05) is 18.2 Å². The van der Waals surface area contributed by atoms with E-state index in [9.17, 15) is 5.11 Å². The molecule has 2 aliphatic heterocycles. The first-order valence-electron chi connectivity index (χ1n) is 6.93. The Kier molecular flexibility index (Phi) is 3.69. The first-order chi connectivity index (χ1) is 9.28. The number of ether oxygens (including phenoxy) is 2. The highest BCUT2D eigenvalue weighted by molar-refractivity contribution is 5.49. The van der Waals surface area contributed by atoms with Crippen LogP contribution in [-0.2, 0) is 9.47 Å². The number of rotatable bonds is 3. The number of aliphatic hydroxyl groups excluding tert-OH is 1. The third kappa shape index (κ3) is 2.59. The van der Waals surface area contributed by atoms with E-state index in [-0.39, 0.29) is 31.0 Å². The molecule has 2 saturated heterocycles. The maximum atomic E-state index is 9.27. The van der Waals surface area contributed by atoms with Crippen molar-refractivity contribution in [2.75, 3.05) is 6.61 Å². The number of aliphatic hydroxyl groups is 1. The lowest BCUT2D eigenvalue weighted by Gasteiger charge is -2.31. The summed E-state index contributed by atoms with van der Waals surface area (Å²) in [5.74, 6) is 0.327. The third-order valence-corrected chi connectivity index (χ3v) is 4.12. The van der Waals surface area contributed by atoms with Crippen molar-refractivity contribution in [3.8, 4) is 0 Å². The van der Waals surface area contributed by atoms with Crippen molar-refractivity contribution in [2.45, 2.75) is 37.8 Å². The molecule has 2 heterocycles. The lowest BCUT2D eigenvalue weighted by molar-refractivity contribution is -0.0458. The van der Waals surface area contributed by atoms with Crippen LogP contribution in [0.25, 0.3) is 6.08 Å². The molecule has 2 aliphatic rings. The van der Waals surface area contributed by atoms with Gasteiger partial charge in [0.25, 0.3) is 0 Å². The van der Waals surface area contributed by atoms with Gasteiger partial charge in [-0.3, -0.25) is 0 Å². The standard InChI is InChI=1S/C16H20O3/c1-11-13(8-7-12-5-3-2-4-6-12)18-15-9-14(11)19-16(15)10-17/h2-8,11,13-17H,9-10H2,1H3/b8-7+/t11?,13-,14?,15-,16?/m0/s1. The first kappa shape index (κ1) is 12.9. The van der Waals surface area contributed by atoms with Gasteiger partial charge in [0.05, 0.1) is 24.9 Å². The summed E-state index contributed by atoms with van der Waals surface area (Å²) in [5, 5.41) is 9.27. The molecule has 3 nitrogen and oxygen atoms in total. The molecular formula is C16H20O3. The van der Waals surface area contributed by atoms with E-state index in [4.69, 9.17) is 9.47 Å². The molecule has 2 bridgehead atoms. The zero-order chi connectivity index (χ0) is 13.2. The summed E-state index contributed by atoms with van der Waals surface area (Å²) in [7, 11) is 0. The van der Waals surface area contributed by atoms with E-state index in [1.54, 1.807) is 0 Å². The SMILES string of the molecule is CC1C2C[C@H](O[C@H]1/C=C/c1ccccc1)C(CO)O2. The van der Waals surface area contributed by atoms with E-state index in [2.05, 4.69) is 31.2 Å². The second-order valence-electron chi connectivity index (χ2n) is 5.40. The normalized spacial score (nSPS) is 37.9. The van der Waals surface area contributed by atoms with Crippen LogP contribution in [0.15, 0.2) is 36.4 Å². The average Bonchev–Trinajstić information content (AvgIpc) is 2.81. The molecule has 0 spiro atoms. The highest BCUT2D eigenvalue weighted by Crippen LogP contribution is 2.37. The zero-order valence-electron chi connectivity index (χ0n) is 11.1. The Morgan fingerprint density at radius 1 is 1.21 bits per heavy atom.